The van der Waals surface area contributed by atoms with E-state index in [0.717, 1.165) is 31.7 Å². The molecule has 0 aliphatic carbocycles. The minimum atomic E-state index is 0.270. The summed E-state index contributed by atoms with van der Waals surface area (Å²) in [7, 11) is 0. The number of fused-ring (bicyclic) bond motifs is 1. The fourth-order valence-corrected chi connectivity index (χ4v) is 3.29. The van der Waals surface area contributed by atoms with E-state index in [4.69, 9.17) is 4.74 Å². The average Bonchev–Trinajstić information content (AvgIpc) is 2.40. The van der Waals surface area contributed by atoms with E-state index in [1.807, 2.05) is 11.8 Å². The molecule has 2 atom stereocenters. The normalized spacial score (nSPS) is 20.4. The molecule has 0 radical (unpaired) electrons. The Balaban J connectivity index is 2.05. The molecule has 1 N–H and O–H groups in total. The van der Waals surface area contributed by atoms with Crippen LogP contribution < -0.4 is 5.32 Å². The van der Waals surface area contributed by atoms with Crippen LogP contribution in [0.3, 0.4) is 0 Å². The molecule has 0 amide bonds. The molecule has 0 saturated carbocycles. The molecule has 0 aromatic heterocycles. The fourth-order valence-electron chi connectivity index (χ4n) is 2.63. The number of hydrogen-bond acceptors (Lipinski definition) is 3. The van der Waals surface area contributed by atoms with Gasteiger partial charge in [-0.3, -0.25) is 0 Å². The van der Waals surface area contributed by atoms with Gasteiger partial charge in [-0.2, -0.15) is 11.8 Å². The smallest absolute Gasteiger partial charge is 0.0842 e. The molecule has 2 nitrogen and oxygen atoms in total. The van der Waals surface area contributed by atoms with E-state index in [1.165, 1.54) is 11.1 Å². The molecule has 1 aliphatic heterocycles. The number of ether oxygens (including phenoxy) is 1. The Morgan fingerprint density at radius 2 is 2.28 bits per heavy atom. The van der Waals surface area contributed by atoms with E-state index in [0.29, 0.717) is 6.04 Å². The SMILES string of the molecule is CCNC(CSC)CC1OCCc2ccccc21. The van der Waals surface area contributed by atoms with Crippen molar-refractivity contribution in [2.45, 2.75) is 31.9 Å². The van der Waals surface area contributed by atoms with Crippen LogP contribution in [-0.4, -0.2) is 31.2 Å². The number of benzene rings is 1. The van der Waals surface area contributed by atoms with Crippen LogP contribution in [-0.2, 0) is 11.2 Å². The maximum absolute atomic E-state index is 5.98. The van der Waals surface area contributed by atoms with Crippen LogP contribution in [0.15, 0.2) is 24.3 Å². The Morgan fingerprint density at radius 3 is 3.06 bits per heavy atom. The summed E-state index contributed by atoms with van der Waals surface area (Å²) in [6.45, 7) is 4.06. The van der Waals surface area contributed by atoms with Gasteiger partial charge < -0.3 is 10.1 Å². The molecular formula is C15H23NOS. The van der Waals surface area contributed by atoms with Crippen molar-refractivity contribution in [3.63, 3.8) is 0 Å². The zero-order chi connectivity index (χ0) is 12.8. The minimum Gasteiger partial charge on any atom is -0.373 e. The van der Waals surface area contributed by atoms with Crippen molar-refractivity contribution in [1.82, 2.24) is 5.32 Å². The summed E-state index contributed by atoms with van der Waals surface area (Å²) in [6.07, 6.45) is 4.57. The summed E-state index contributed by atoms with van der Waals surface area (Å²) in [4.78, 5) is 0. The van der Waals surface area contributed by atoms with Gasteiger partial charge >= 0.3 is 0 Å². The van der Waals surface area contributed by atoms with Gasteiger partial charge in [-0.05, 0) is 36.8 Å². The van der Waals surface area contributed by atoms with Crippen molar-refractivity contribution in [2.24, 2.45) is 0 Å². The second kappa shape index (κ2) is 7.17. The molecule has 0 bridgehead atoms. The largest absolute Gasteiger partial charge is 0.373 e. The third-order valence-corrected chi connectivity index (χ3v) is 4.19. The van der Waals surface area contributed by atoms with E-state index in [9.17, 15) is 0 Å². The topological polar surface area (TPSA) is 21.3 Å². The van der Waals surface area contributed by atoms with Gasteiger partial charge in [-0.15, -0.1) is 0 Å². The van der Waals surface area contributed by atoms with Gasteiger partial charge in [0.05, 0.1) is 12.7 Å². The maximum Gasteiger partial charge on any atom is 0.0842 e. The van der Waals surface area contributed by atoms with Gasteiger partial charge in [0.25, 0.3) is 0 Å². The van der Waals surface area contributed by atoms with Crippen molar-refractivity contribution in [3.05, 3.63) is 35.4 Å². The fraction of sp³-hybridized carbons (Fsp3) is 0.600. The molecule has 0 spiro atoms. The number of nitrogens with one attached hydrogen (secondary N) is 1. The second-order valence-corrected chi connectivity index (χ2v) is 5.66. The van der Waals surface area contributed by atoms with Crippen molar-refractivity contribution >= 4 is 11.8 Å². The highest BCUT2D eigenvalue weighted by Gasteiger charge is 2.23. The van der Waals surface area contributed by atoms with E-state index < -0.39 is 0 Å². The second-order valence-electron chi connectivity index (χ2n) is 4.75. The average molecular weight is 265 g/mol. The zero-order valence-electron chi connectivity index (χ0n) is 11.3. The van der Waals surface area contributed by atoms with E-state index in [-0.39, 0.29) is 6.10 Å². The van der Waals surface area contributed by atoms with E-state index in [2.05, 4.69) is 42.8 Å². The molecule has 0 fully saturated rings. The molecule has 18 heavy (non-hydrogen) atoms. The molecule has 1 heterocycles. The summed E-state index contributed by atoms with van der Waals surface area (Å²) in [5.74, 6) is 1.15. The summed E-state index contributed by atoms with van der Waals surface area (Å²) >= 11 is 1.90. The van der Waals surface area contributed by atoms with E-state index >= 15 is 0 Å². The first kappa shape index (κ1) is 13.9. The quantitative estimate of drug-likeness (QED) is 0.854. The Kier molecular flexibility index (Phi) is 5.54. The predicted octanol–water partition coefficient (Wildman–Crippen LogP) is 3.03. The third kappa shape index (κ3) is 3.50. The zero-order valence-corrected chi connectivity index (χ0v) is 12.1. The lowest BCUT2D eigenvalue weighted by Gasteiger charge is -2.29. The Labute approximate surface area is 114 Å². The van der Waals surface area contributed by atoms with Gasteiger partial charge in [-0.25, -0.2) is 0 Å². The van der Waals surface area contributed by atoms with Crippen LogP contribution in [0.2, 0.25) is 0 Å². The van der Waals surface area contributed by atoms with Crippen LogP contribution in [0.5, 0.6) is 0 Å². The summed E-state index contributed by atoms with van der Waals surface area (Å²) in [5, 5.41) is 3.56. The van der Waals surface area contributed by atoms with Crippen molar-refractivity contribution in [2.75, 3.05) is 25.2 Å². The lowest BCUT2D eigenvalue weighted by molar-refractivity contribution is 0.0312. The Bertz CT molecular complexity index is 363. The predicted molar refractivity (Wildman–Crippen MR) is 79.3 cm³/mol. The Hall–Kier alpha value is -0.510. The Morgan fingerprint density at radius 1 is 1.44 bits per heavy atom. The van der Waals surface area contributed by atoms with Crippen LogP contribution in [0.1, 0.15) is 30.6 Å². The summed E-state index contributed by atoms with van der Waals surface area (Å²) in [5.41, 5.74) is 2.86. The van der Waals surface area contributed by atoms with Crippen molar-refractivity contribution in [3.8, 4) is 0 Å². The molecule has 2 rings (SSSR count). The highest BCUT2D eigenvalue weighted by atomic mass is 32.2. The van der Waals surface area contributed by atoms with Crippen molar-refractivity contribution in [1.29, 1.82) is 0 Å². The molecule has 3 heteroatoms. The standard InChI is InChI=1S/C15H23NOS/c1-3-16-13(11-18-2)10-15-14-7-5-4-6-12(14)8-9-17-15/h4-7,13,15-16H,3,8-11H2,1-2H3. The van der Waals surface area contributed by atoms with Gasteiger partial charge in [-0.1, -0.05) is 31.2 Å². The number of thioether (sulfide) groups is 1. The third-order valence-electron chi connectivity index (χ3n) is 3.45. The molecule has 1 aromatic carbocycles. The molecular weight excluding hydrogens is 242 g/mol. The number of hydrogen-bond donors (Lipinski definition) is 1. The summed E-state index contributed by atoms with van der Waals surface area (Å²) in [6, 6.07) is 9.26. The monoisotopic (exact) mass is 265 g/mol. The van der Waals surface area contributed by atoms with Crippen LogP contribution in [0, 0.1) is 0 Å². The van der Waals surface area contributed by atoms with Crippen LogP contribution in [0.4, 0.5) is 0 Å². The molecule has 1 aliphatic rings. The summed E-state index contributed by atoms with van der Waals surface area (Å²) < 4.78 is 5.98. The van der Waals surface area contributed by atoms with Gasteiger partial charge in [0.15, 0.2) is 0 Å². The van der Waals surface area contributed by atoms with Crippen LogP contribution >= 0.6 is 11.8 Å². The minimum absolute atomic E-state index is 0.270. The lowest BCUT2D eigenvalue weighted by atomic mass is 9.94. The van der Waals surface area contributed by atoms with Crippen LogP contribution in [0.25, 0.3) is 0 Å². The maximum atomic E-state index is 5.98. The molecule has 100 valence electrons. The van der Waals surface area contributed by atoms with Gasteiger partial charge in [0, 0.05) is 11.8 Å². The molecule has 0 saturated heterocycles. The number of rotatable bonds is 6. The first-order chi connectivity index (χ1) is 8.85. The van der Waals surface area contributed by atoms with Gasteiger partial charge in [0.1, 0.15) is 0 Å². The molecule has 1 aromatic rings. The highest BCUT2D eigenvalue weighted by molar-refractivity contribution is 7.98. The highest BCUT2D eigenvalue weighted by Crippen LogP contribution is 2.30. The van der Waals surface area contributed by atoms with E-state index in [1.54, 1.807) is 0 Å². The first-order valence-corrected chi connectivity index (χ1v) is 8.16. The lowest BCUT2D eigenvalue weighted by Crippen LogP contribution is -2.34. The molecule has 2 unspecified atom stereocenters. The van der Waals surface area contributed by atoms with Gasteiger partial charge in [0.2, 0.25) is 0 Å². The van der Waals surface area contributed by atoms with Crippen molar-refractivity contribution < 1.29 is 4.74 Å². The first-order valence-electron chi connectivity index (χ1n) is 6.76.